The largest absolute Gasteiger partial charge is 0.127 e. The lowest BCUT2D eigenvalue weighted by Crippen LogP contribution is -1.99. The third-order valence-electron chi connectivity index (χ3n) is 1.66. The predicted octanol–water partition coefficient (Wildman–Crippen LogP) is 2.19. The van der Waals surface area contributed by atoms with Crippen LogP contribution in [0, 0.1) is 5.92 Å². The predicted molar refractivity (Wildman–Crippen MR) is 37.8 cm³/mol. The van der Waals surface area contributed by atoms with Crippen LogP contribution in [0.5, 0.6) is 0 Å². The van der Waals surface area contributed by atoms with Crippen LogP contribution in [0.1, 0.15) is 6.42 Å². The second kappa shape index (κ2) is 1.66. The first-order valence-corrected chi connectivity index (χ1v) is 3.90. The van der Waals surface area contributed by atoms with Crippen LogP contribution < -0.4 is 0 Å². The molecule has 0 aromatic rings. The van der Waals surface area contributed by atoms with E-state index in [9.17, 15) is 0 Å². The van der Waals surface area contributed by atoms with Gasteiger partial charge in [-0.15, -0.1) is 11.8 Å². The summed E-state index contributed by atoms with van der Waals surface area (Å²) < 4.78 is 0. The Morgan fingerprint density at radius 3 is 3.00 bits per heavy atom. The minimum absolute atomic E-state index is 0.779. The van der Waals surface area contributed by atoms with E-state index in [1.807, 2.05) is 11.8 Å². The van der Waals surface area contributed by atoms with Gasteiger partial charge in [0.2, 0.25) is 0 Å². The van der Waals surface area contributed by atoms with Crippen LogP contribution >= 0.6 is 11.8 Å². The highest BCUT2D eigenvalue weighted by atomic mass is 32.2. The number of hydrogen-bond donors (Lipinski definition) is 0. The van der Waals surface area contributed by atoms with E-state index in [0.29, 0.717) is 0 Å². The Hall–Kier alpha value is -0.170. The Bertz CT molecular complexity index is 144. The zero-order valence-electron chi connectivity index (χ0n) is 4.58. The molecule has 0 nitrogen and oxygen atoms in total. The molecule has 0 radical (unpaired) electrons. The highest BCUT2D eigenvalue weighted by Crippen LogP contribution is 2.34. The molecule has 0 aromatic carbocycles. The van der Waals surface area contributed by atoms with Crippen LogP contribution in [0.3, 0.4) is 0 Å². The number of allylic oxidation sites excluding steroid dienone is 2. The molecule has 0 saturated carbocycles. The van der Waals surface area contributed by atoms with Gasteiger partial charge in [-0.05, 0) is 17.7 Å². The van der Waals surface area contributed by atoms with Gasteiger partial charge in [-0.1, -0.05) is 18.2 Å². The molecule has 8 heavy (non-hydrogen) atoms. The summed E-state index contributed by atoms with van der Waals surface area (Å²) in [5, 5.41) is 3.03. The van der Waals surface area contributed by atoms with Gasteiger partial charge >= 0.3 is 0 Å². The number of thioether (sulfide) groups is 1. The molecule has 2 bridgehead atoms. The van der Waals surface area contributed by atoms with Crippen molar-refractivity contribution >= 4 is 11.8 Å². The summed E-state index contributed by atoms with van der Waals surface area (Å²) in [6.45, 7) is 0. The van der Waals surface area contributed by atoms with Gasteiger partial charge < -0.3 is 0 Å². The molecule has 0 aromatic heterocycles. The van der Waals surface area contributed by atoms with Crippen molar-refractivity contribution in [2.75, 3.05) is 0 Å². The lowest BCUT2D eigenvalue weighted by molar-refractivity contribution is 0.777. The zero-order valence-corrected chi connectivity index (χ0v) is 5.40. The first-order chi connectivity index (χ1) is 3.95. The Kier molecular flexibility index (Phi) is 0.971. The van der Waals surface area contributed by atoms with Gasteiger partial charge in [-0.3, -0.25) is 0 Å². The van der Waals surface area contributed by atoms with Crippen LogP contribution in [0.25, 0.3) is 0 Å². The minimum atomic E-state index is 0.779. The second-order valence-electron chi connectivity index (χ2n) is 2.29. The third kappa shape index (κ3) is 0.618. The highest BCUT2D eigenvalue weighted by Gasteiger charge is 2.19. The first-order valence-electron chi connectivity index (χ1n) is 2.95. The Labute approximate surface area is 53.7 Å². The van der Waals surface area contributed by atoms with Gasteiger partial charge in [-0.25, -0.2) is 0 Å². The molecule has 2 rings (SSSR count). The molecular formula is C7H8S. The van der Waals surface area contributed by atoms with Gasteiger partial charge in [0.25, 0.3) is 0 Å². The topological polar surface area (TPSA) is 0 Å². The normalized spacial score (nSPS) is 41.0. The summed E-state index contributed by atoms with van der Waals surface area (Å²) in [6, 6.07) is 0. The average molecular weight is 124 g/mol. The van der Waals surface area contributed by atoms with Gasteiger partial charge in [-0.2, -0.15) is 0 Å². The fourth-order valence-corrected chi connectivity index (χ4v) is 2.19. The van der Waals surface area contributed by atoms with E-state index in [4.69, 9.17) is 0 Å². The molecule has 0 saturated heterocycles. The van der Waals surface area contributed by atoms with Crippen LogP contribution in [0.2, 0.25) is 0 Å². The molecule has 42 valence electrons. The van der Waals surface area contributed by atoms with Crippen LogP contribution in [0.4, 0.5) is 0 Å². The standard InChI is InChI=1S/C7H8S/c1-2-7-5-6(1)3-4-8-7/h1-4,6-7H,5H2. The van der Waals surface area contributed by atoms with Crippen molar-refractivity contribution < 1.29 is 0 Å². The van der Waals surface area contributed by atoms with E-state index in [1.54, 1.807) is 0 Å². The summed E-state index contributed by atoms with van der Waals surface area (Å²) in [5.41, 5.74) is 0. The number of rotatable bonds is 0. The Balaban J connectivity index is 2.28. The molecule has 0 N–H and O–H groups in total. The van der Waals surface area contributed by atoms with E-state index < -0.39 is 0 Å². The second-order valence-corrected chi connectivity index (χ2v) is 3.44. The van der Waals surface area contributed by atoms with Crippen LogP contribution in [-0.4, -0.2) is 5.25 Å². The lowest BCUT2D eigenvalue weighted by atomic mass is 10.1. The quantitative estimate of drug-likeness (QED) is 0.446. The fourth-order valence-electron chi connectivity index (χ4n) is 1.18. The maximum absolute atomic E-state index is 2.31. The van der Waals surface area contributed by atoms with Gasteiger partial charge in [0.15, 0.2) is 0 Å². The minimum Gasteiger partial charge on any atom is -0.127 e. The van der Waals surface area contributed by atoms with Crippen molar-refractivity contribution in [1.29, 1.82) is 0 Å². The van der Waals surface area contributed by atoms with Gasteiger partial charge in [0, 0.05) is 5.25 Å². The fraction of sp³-hybridized carbons (Fsp3) is 0.429. The van der Waals surface area contributed by atoms with Gasteiger partial charge in [0.05, 0.1) is 0 Å². The molecule has 1 heterocycles. The zero-order chi connectivity index (χ0) is 5.40. The summed E-state index contributed by atoms with van der Waals surface area (Å²) in [6.07, 6.45) is 8.25. The van der Waals surface area contributed by atoms with E-state index in [-0.39, 0.29) is 0 Å². The van der Waals surface area contributed by atoms with Gasteiger partial charge in [0.1, 0.15) is 0 Å². The first kappa shape index (κ1) is 4.68. The summed E-state index contributed by atoms with van der Waals surface area (Å²) >= 11 is 1.94. The maximum atomic E-state index is 2.31. The average Bonchev–Trinajstić information content (AvgIpc) is 2.12. The van der Waals surface area contributed by atoms with Crippen LogP contribution in [0.15, 0.2) is 23.6 Å². The number of hydrogen-bond acceptors (Lipinski definition) is 1. The smallest absolute Gasteiger partial charge is 0.0277 e. The molecule has 0 amide bonds. The van der Waals surface area contributed by atoms with Crippen molar-refractivity contribution in [1.82, 2.24) is 0 Å². The molecule has 2 unspecified atom stereocenters. The molecule has 0 spiro atoms. The van der Waals surface area contributed by atoms with Crippen molar-refractivity contribution in [3.8, 4) is 0 Å². The molecule has 1 heteroatoms. The molecule has 2 atom stereocenters. The Morgan fingerprint density at radius 2 is 2.25 bits per heavy atom. The van der Waals surface area contributed by atoms with E-state index in [1.165, 1.54) is 6.42 Å². The highest BCUT2D eigenvalue weighted by molar-refractivity contribution is 8.02. The summed E-state index contributed by atoms with van der Waals surface area (Å²) in [5.74, 6) is 0.779. The lowest BCUT2D eigenvalue weighted by Gasteiger charge is -2.10. The SMILES string of the molecule is C1=CC2C=CC(C2)S1. The molecule has 0 fully saturated rings. The molecular weight excluding hydrogens is 116 g/mol. The summed E-state index contributed by atoms with van der Waals surface area (Å²) in [7, 11) is 0. The Morgan fingerprint density at radius 1 is 1.25 bits per heavy atom. The van der Waals surface area contributed by atoms with Crippen molar-refractivity contribution in [3.63, 3.8) is 0 Å². The van der Waals surface area contributed by atoms with E-state index in [2.05, 4.69) is 23.6 Å². The maximum Gasteiger partial charge on any atom is 0.0277 e. The van der Waals surface area contributed by atoms with E-state index in [0.717, 1.165) is 11.2 Å². The number of fused-ring (bicyclic) bond motifs is 2. The van der Waals surface area contributed by atoms with Crippen molar-refractivity contribution in [2.45, 2.75) is 11.7 Å². The van der Waals surface area contributed by atoms with Crippen molar-refractivity contribution in [3.05, 3.63) is 23.6 Å². The van der Waals surface area contributed by atoms with E-state index >= 15 is 0 Å². The third-order valence-corrected chi connectivity index (χ3v) is 2.67. The molecule has 1 aliphatic heterocycles. The molecule has 1 aliphatic carbocycles. The van der Waals surface area contributed by atoms with Crippen LogP contribution in [-0.2, 0) is 0 Å². The monoisotopic (exact) mass is 124 g/mol. The summed E-state index contributed by atoms with van der Waals surface area (Å²) in [4.78, 5) is 0. The van der Waals surface area contributed by atoms with Crippen molar-refractivity contribution in [2.24, 2.45) is 5.92 Å². The molecule has 2 aliphatic rings.